The maximum Gasteiger partial charge on any atom is 0.122 e. The van der Waals surface area contributed by atoms with Gasteiger partial charge in [-0.15, -0.1) is 0 Å². The Bertz CT molecular complexity index is 278. The Balaban J connectivity index is 2.32. The minimum Gasteiger partial charge on any atom is -0.334 e. The van der Waals surface area contributed by atoms with E-state index in [1.54, 1.807) is 0 Å². The van der Waals surface area contributed by atoms with Crippen LogP contribution in [0.3, 0.4) is 0 Å². The summed E-state index contributed by atoms with van der Waals surface area (Å²) in [6, 6.07) is 0.519. The van der Waals surface area contributed by atoms with Gasteiger partial charge in [0.15, 0.2) is 0 Å². The van der Waals surface area contributed by atoms with E-state index in [0.717, 1.165) is 18.9 Å². The summed E-state index contributed by atoms with van der Waals surface area (Å²) in [6.45, 7) is 8.55. The second-order valence-corrected chi connectivity index (χ2v) is 4.63. The number of rotatable bonds is 8. The molecule has 1 aromatic heterocycles. The zero-order chi connectivity index (χ0) is 11.8. The van der Waals surface area contributed by atoms with Crippen molar-refractivity contribution < 1.29 is 0 Å². The van der Waals surface area contributed by atoms with Gasteiger partial charge in [-0.1, -0.05) is 40.0 Å². The van der Waals surface area contributed by atoms with Gasteiger partial charge in [0.1, 0.15) is 5.82 Å². The van der Waals surface area contributed by atoms with Crippen LogP contribution in [0.2, 0.25) is 0 Å². The molecule has 3 heteroatoms. The molecular formula is C13H25N3. The molecular weight excluding hydrogens is 198 g/mol. The molecule has 0 atom stereocenters. The molecule has 16 heavy (non-hydrogen) atoms. The SMILES string of the molecule is CCCCCCn1ccnc1CNC(C)C. The Kier molecular flexibility index (Phi) is 6.16. The predicted molar refractivity (Wildman–Crippen MR) is 68.3 cm³/mol. The molecule has 0 aliphatic rings. The largest absolute Gasteiger partial charge is 0.334 e. The van der Waals surface area contributed by atoms with Gasteiger partial charge in [0.05, 0.1) is 6.54 Å². The molecule has 1 aromatic rings. The summed E-state index contributed by atoms with van der Waals surface area (Å²) in [5, 5.41) is 3.41. The normalized spacial score (nSPS) is 11.2. The number of hydrogen-bond donors (Lipinski definition) is 1. The third-order valence-electron chi connectivity index (χ3n) is 2.72. The fourth-order valence-corrected chi connectivity index (χ4v) is 1.72. The van der Waals surface area contributed by atoms with Crippen molar-refractivity contribution in [2.75, 3.05) is 0 Å². The Hall–Kier alpha value is -0.830. The maximum absolute atomic E-state index is 4.39. The summed E-state index contributed by atoms with van der Waals surface area (Å²) < 4.78 is 2.27. The Morgan fingerprint density at radius 2 is 2.12 bits per heavy atom. The lowest BCUT2D eigenvalue weighted by Gasteiger charge is -2.10. The highest BCUT2D eigenvalue weighted by Gasteiger charge is 2.02. The highest BCUT2D eigenvalue weighted by Crippen LogP contribution is 2.04. The highest BCUT2D eigenvalue weighted by molar-refractivity contribution is 4.92. The van der Waals surface area contributed by atoms with E-state index in [0.29, 0.717) is 6.04 Å². The molecule has 92 valence electrons. The van der Waals surface area contributed by atoms with Crippen LogP contribution in [0.25, 0.3) is 0 Å². The van der Waals surface area contributed by atoms with Gasteiger partial charge in [-0.2, -0.15) is 0 Å². The molecule has 0 aliphatic heterocycles. The predicted octanol–water partition coefficient (Wildman–Crippen LogP) is 2.96. The minimum atomic E-state index is 0.519. The first kappa shape index (κ1) is 13.2. The lowest BCUT2D eigenvalue weighted by Crippen LogP contribution is -2.24. The molecule has 1 N–H and O–H groups in total. The molecule has 0 saturated heterocycles. The lowest BCUT2D eigenvalue weighted by atomic mass is 10.2. The summed E-state index contributed by atoms with van der Waals surface area (Å²) in [7, 11) is 0. The van der Waals surface area contributed by atoms with Crippen LogP contribution in [-0.2, 0) is 13.1 Å². The summed E-state index contributed by atoms with van der Waals surface area (Å²) in [5.74, 6) is 1.16. The molecule has 0 aliphatic carbocycles. The van der Waals surface area contributed by atoms with E-state index in [1.165, 1.54) is 25.7 Å². The second kappa shape index (κ2) is 7.44. The van der Waals surface area contributed by atoms with Crippen molar-refractivity contribution in [3.63, 3.8) is 0 Å². The fraction of sp³-hybridized carbons (Fsp3) is 0.769. The number of unbranched alkanes of at least 4 members (excludes halogenated alkanes) is 3. The molecule has 0 amide bonds. The van der Waals surface area contributed by atoms with E-state index in [1.807, 2.05) is 6.20 Å². The van der Waals surface area contributed by atoms with Crippen molar-refractivity contribution in [1.82, 2.24) is 14.9 Å². The molecule has 0 spiro atoms. The van der Waals surface area contributed by atoms with Crippen LogP contribution in [0.1, 0.15) is 52.3 Å². The van der Waals surface area contributed by atoms with E-state index in [4.69, 9.17) is 0 Å². The highest BCUT2D eigenvalue weighted by atomic mass is 15.1. The van der Waals surface area contributed by atoms with Crippen molar-refractivity contribution in [3.8, 4) is 0 Å². The molecule has 3 nitrogen and oxygen atoms in total. The van der Waals surface area contributed by atoms with Crippen molar-refractivity contribution >= 4 is 0 Å². The van der Waals surface area contributed by atoms with E-state index in [-0.39, 0.29) is 0 Å². The van der Waals surface area contributed by atoms with Crippen molar-refractivity contribution in [2.45, 2.75) is 65.6 Å². The number of imidazole rings is 1. The second-order valence-electron chi connectivity index (χ2n) is 4.63. The first-order valence-electron chi connectivity index (χ1n) is 6.47. The van der Waals surface area contributed by atoms with Crippen LogP contribution < -0.4 is 5.32 Å². The number of nitrogens with one attached hydrogen (secondary N) is 1. The summed E-state index contributed by atoms with van der Waals surface area (Å²) in [5.41, 5.74) is 0. The van der Waals surface area contributed by atoms with Crippen molar-refractivity contribution in [2.24, 2.45) is 0 Å². The van der Waals surface area contributed by atoms with Gasteiger partial charge in [0, 0.05) is 25.0 Å². The molecule has 0 bridgehead atoms. The van der Waals surface area contributed by atoms with Gasteiger partial charge < -0.3 is 9.88 Å². The Labute approximate surface area is 99.3 Å². The molecule has 0 aromatic carbocycles. The van der Waals surface area contributed by atoms with Crippen LogP contribution in [0.15, 0.2) is 12.4 Å². The van der Waals surface area contributed by atoms with Gasteiger partial charge in [-0.25, -0.2) is 4.98 Å². The van der Waals surface area contributed by atoms with Crippen molar-refractivity contribution in [1.29, 1.82) is 0 Å². The van der Waals surface area contributed by atoms with Gasteiger partial charge in [0.2, 0.25) is 0 Å². The van der Waals surface area contributed by atoms with E-state index in [2.05, 4.69) is 41.8 Å². The zero-order valence-electron chi connectivity index (χ0n) is 10.9. The molecule has 0 fully saturated rings. The molecule has 1 heterocycles. The van der Waals surface area contributed by atoms with Crippen LogP contribution in [-0.4, -0.2) is 15.6 Å². The van der Waals surface area contributed by atoms with E-state index >= 15 is 0 Å². The van der Waals surface area contributed by atoms with Crippen LogP contribution in [0, 0.1) is 0 Å². The van der Waals surface area contributed by atoms with Gasteiger partial charge in [0.25, 0.3) is 0 Å². The minimum absolute atomic E-state index is 0.519. The van der Waals surface area contributed by atoms with Gasteiger partial charge >= 0.3 is 0 Å². The standard InChI is InChI=1S/C13H25N3/c1-4-5-6-7-9-16-10-8-14-13(16)11-15-12(2)3/h8,10,12,15H,4-7,9,11H2,1-3H3. The summed E-state index contributed by atoms with van der Waals surface area (Å²) in [6.07, 6.45) is 9.21. The monoisotopic (exact) mass is 223 g/mol. The topological polar surface area (TPSA) is 29.9 Å². The maximum atomic E-state index is 4.39. The summed E-state index contributed by atoms with van der Waals surface area (Å²) in [4.78, 5) is 4.39. The molecule has 0 unspecified atom stereocenters. The van der Waals surface area contributed by atoms with Gasteiger partial charge in [-0.3, -0.25) is 0 Å². The Morgan fingerprint density at radius 3 is 2.81 bits per heavy atom. The average Bonchev–Trinajstić information content (AvgIpc) is 2.69. The molecule has 0 saturated carbocycles. The number of hydrogen-bond acceptors (Lipinski definition) is 2. The zero-order valence-corrected chi connectivity index (χ0v) is 10.9. The average molecular weight is 223 g/mol. The number of aryl methyl sites for hydroxylation is 1. The summed E-state index contributed by atoms with van der Waals surface area (Å²) >= 11 is 0. The Morgan fingerprint density at radius 1 is 1.31 bits per heavy atom. The van der Waals surface area contributed by atoms with E-state index < -0.39 is 0 Å². The van der Waals surface area contributed by atoms with Crippen LogP contribution >= 0.6 is 0 Å². The fourth-order valence-electron chi connectivity index (χ4n) is 1.72. The number of aromatic nitrogens is 2. The van der Waals surface area contributed by atoms with Gasteiger partial charge in [-0.05, 0) is 6.42 Å². The number of nitrogens with zero attached hydrogens (tertiary/aromatic N) is 2. The molecule has 1 rings (SSSR count). The third-order valence-corrected chi connectivity index (χ3v) is 2.72. The third kappa shape index (κ3) is 4.79. The smallest absolute Gasteiger partial charge is 0.122 e. The first-order chi connectivity index (χ1) is 7.74. The quantitative estimate of drug-likeness (QED) is 0.687. The lowest BCUT2D eigenvalue weighted by molar-refractivity contribution is 0.523. The van der Waals surface area contributed by atoms with E-state index in [9.17, 15) is 0 Å². The molecule has 0 radical (unpaired) electrons. The first-order valence-corrected chi connectivity index (χ1v) is 6.47. The van der Waals surface area contributed by atoms with Crippen LogP contribution in [0.5, 0.6) is 0 Å². The van der Waals surface area contributed by atoms with Crippen LogP contribution in [0.4, 0.5) is 0 Å². The van der Waals surface area contributed by atoms with Crippen molar-refractivity contribution in [3.05, 3.63) is 18.2 Å².